The van der Waals surface area contributed by atoms with Gasteiger partial charge in [0.1, 0.15) is 24.5 Å². The number of thiazole rings is 1. The molecule has 3 N–H and O–H groups in total. The number of amides is 2. The topological polar surface area (TPSA) is 124 Å². The zero-order chi connectivity index (χ0) is 27.0. The number of nitriles is 1. The minimum Gasteiger partial charge on any atom is -0.489 e. The number of nitrogens with one attached hydrogen (secondary N) is 2. The van der Waals surface area contributed by atoms with E-state index in [4.69, 9.17) is 10.00 Å². The van der Waals surface area contributed by atoms with Crippen LogP contribution in [0.1, 0.15) is 51.7 Å². The third kappa shape index (κ3) is 7.62. The third-order valence-corrected chi connectivity index (χ3v) is 6.60. The maximum absolute atomic E-state index is 13.0. The Balaban J connectivity index is 1.70. The molecule has 0 saturated heterocycles. The summed E-state index contributed by atoms with van der Waals surface area (Å²) in [5, 5.41) is 25.2. The van der Waals surface area contributed by atoms with Gasteiger partial charge >= 0.3 is 0 Å². The zero-order valence-corrected chi connectivity index (χ0v) is 22.3. The van der Waals surface area contributed by atoms with Crippen LogP contribution in [0.5, 0.6) is 5.75 Å². The van der Waals surface area contributed by atoms with E-state index in [9.17, 15) is 14.7 Å². The Morgan fingerprint density at radius 1 is 1.16 bits per heavy atom. The Kier molecular flexibility index (Phi) is 9.39. The molecule has 0 saturated carbocycles. The molecule has 9 heteroatoms. The normalized spacial score (nSPS) is 12.8. The Bertz CT molecular complexity index is 1280. The predicted octanol–water partition coefficient (Wildman–Crippen LogP) is 4.89. The van der Waals surface area contributed by atoms with Gasteiger partial charge in [-0.05, 0) is 41.2 Å². The van der Waals surface area contributed by atoms with Crippen molar-refractivity contribution in [2.45, 2.75) is 59.3 Å². The number of ether oxygens (including phenoxy) is 1. The first-order chi connectivity index (χ1) is 17.6. The summed E-state index contributed by atoms with van der Waals surface area (Å²) in [6.45, 7) is 7.50. The summed E-state index contributed by atoms with van der Waals surface area (Å²) in [7, 11) is 0. The highest BCUT2D eigenvalue weighted by molar-refractivity contribution is 7.19. The second-order valence-corrected chi connectivity index (χ2v) is 10.8. The fourth-order valence-electron chi connectivity index (χ4n) is 3.55. The number of aliphatic hydroxyl groups is 1. The SMILES string of the molecule is CCC[C@H](NC(=O)[C@@H](O)C(C)(C)C)C(=O)Nc1ncc(-c2ccccc2COc2cccc(C#N)c2)s1. The van der Waals surface area contributed by atoms with Gasteiger partial charge in [-0.2, -0.15) is 5.26 Å². The van der Waals surface area contributed by atoms with E-state index in [0.717, 1.165) is 16.0 Å². The second-order valence-electron chi connectivity index (χ2n) is 9.72. The number of anilines is 1. The van der Waals surface area contributed by atoms with Gasteiger partial charge in [-0.15, -0.1) is 0 Å². The molecule has 2 amide bonds. The van der Waals surface area contributed by atoms with Crippen LogP contribution in [0.2, 0.25) is 0 Å². The molecule has 0 radical (unpaired) electrons. The van der Waals surface area contributed by atoms with Crippen molar-refractivity contribution in [3.8, 4) is 22.3 Å². The van der Waals surface area contributed by atoms with Crippen molar-refractivity contribution in [2.24, 2.45) is 5.41 Å². The lowest BCUT2D eigenvalue weighted by molar-refractivity contribution is -0.137. The number of rotatable bonds is 10. The average Bonchev–Trinajstić information content (AvgIpc) is 3.34. The van der Waals surface area contributed by atoms with Crippen molar-refractivity contribution in [2.75, 3.05) is 5.32 Å². The Labute approximate surface area is 221 Å². The van der Waals surface area contributed by atoms with Crippen LogP contribution in [0, 0.1) is 16.7 Å². The monoisotopic (exact) mass is 520 g/mol. The average molecular weight is 521 g/mol. The Morgan fingerprint density at radius 2 is 1.92 bits per heavy atom. The molecular weight excluding hydrogens is 488 g/mol. The van der Waals surface area contributed by atoms with Crippen molar-refractivity contribution < 1.29 is 19.4 Å². The van der Waals surface area contributed by atoms with E-state index < -0.39 is 23.5 Å². The van der Waals surface area contributed by atoms with Crippen LogP contribution in [-0.4, -0.2) is 34.1 Å². The first kappa shape index (κ1) is 27.8. The molecule has 194 valence electrons. The summed E-state index contributed by atoms with van der Waals surface area (Å²) in [5.74, 6) is -0.354. The highest BCUT2D eigenvalue weighted by Crippen LogP contribution is 2.32. The molecule has 0 unspecified atom stereocenters. The van der Waals surface area contributed by atoms with E-state index in [-0.39, 0.29) is 5.91 Å². The molecule has 0 fully saturated rings. The summed E-state index contributed by atoms with van der Waals surface area (Å²) in [6, 6.07) is 16.0. The molecule has 3 rings (SSSR count). The van der Waals surface area contributed by atoms with E-state index >= 15 is 0 Å². The van der Waals surface area contributed by atoms with Crippen LogP contribution < -0.4 is 15.4 Å². The minimum atomic E-state index is -1.23. The first-order valence-corrected chi connectivity index (χ1v) is 12.9. The number of hydrogen-bond acceptors (Lipinski definition) is 7. The Hall–Kier alpha value is -3.74. The van der Waals surface area contributed by atoms with Crippen LogP contribution >= 0.6 is 11.3 Å². The molecule has 8 nitrogen and oxygen atoms in total. The molecule has 0 bridgehead atoms. The fourth-order valence-corrected chi connectivity index (χ4v) is 4.43. The van der Waals surface area contributed by atoms with Gasteiger partial charge in [0.2, 0.25) is 11.8 Å². The van der Waals surface area contributed by atoms with Crippen molar-refractivity contribution in [1.29, 1.82) is 5.26 Å². The number of aliphatic hydroxyl groups excluding tert-OH is 1. The van der Waals surface area contributed by atoms with Gasteiger partial charge in [-0.25, -0.2) is 4.98 Å². The number of benzene rings is 2. The molecular formula is C28H32N4O4S. The summed E-state index contributed by atoms with van der Waals surface area (Å²) in [6.07, 6.45) is 1.57. The van der Waals surface area contributed by atoms with Gasteiger partial charge in [-0.3, -0.25) is 9.59 Å². The van der Waals surface area contributed by atoms with Crippen LogP contribution in [0.3, 0.4) is 0 Å². The van der Waals surface area contributed by atoms with Gasteiger partial charge in [0.15, 0.2) is 5.13 Å². The largest absolute Gasteiger partial charge is 0.489 e. The predicted molar refractivity (Wildman–Crippen MR) is 144 cm³/mol. The van der Waals surface area contributed by atoms with Gasteiger partial charge in [0.25, 0.3) is 0 Å². The lowest BCUT2D eigenvalue weighted by Crippen LogP contribution is -2.50. The maximum atomic E-state index is 13.0. The van der Waals surface area contributed by atoms with E-state index in [1.807, 2.05) is 31.2 Å². The highest BCUT2D eigenvalue weighted by atomic mass is 32.1. The Morgan fingerprint density at radius 3 is 2.62 bits per heavy atom. The fraction of sp³-hybridized carbons (Fsp3) is 0.357. The number of hydrogen-bond donors (Lipinski definition) is 3. The van der Waals surface area contributed by atoms with E-state index in [1.165, 1.54) is 11.3 Å². The summed E-state index contributed by atoms with van der Waals surface area (Å²) < 4.78 is 5.91. The van der Waals surface area contributed by atoms with Crippen LogP contribution in [0.25, 0.3) is 10.4 Å². The molecule has 0 aliphatic heterocycles. The third-order valence-electron chi connectivity index (χ3n) is 5.66. The summed E-state index contributed by atoms with van der Waals surface area (Å²) in [4.78, 5) is 30.6. The van der Waals surface area contributed by atoms with E-state index in [2.05, 4.69) is 21.7 Å². The quantitative estimate of drug-likeness (QED) is 0.350. The van der Waals surface area contributed by atoms with Gasteiger partial charge in [0, 0.05) is 6.20 Å². The number of nitrogens with zero attached hydrogens (tertiary/aromatic N) is 2. The second kappa shape index (κ2) is 12.5. The van der Waals surface area contributed by atoms with Gasteiger partial charge in [0.05, 0.1) is 16.5 Å². The molecule has 0 spiro atoms. The van der Waals surface area contributed by atoms with E-state index in [1.54, 1.807) is 51.2 Å². The smallest absolute Gasteiger partial charge is 0.250 e. The van der Waals surface area contributed by atoms with Crippen molar-refractivity contribution in [3.63, 3.8) is 0 Å². The molecule has 0 aliphatic carbocycles. The van der Waals surface area contributed by atoms with Gasteiger partial charge < -0.3 is 20.5 Å². The minimum absolute atomic E-state index is 0.297. The highest BCUT2D eigenvalue weighted by Gasteiger charge is 2.32. The van der Waals surface area contributed by atoms with Crippen LogP contribution in [-0.2, 0) is 16.2 Å². The molecule has 2 aromatic carbocycles. The van der Waals surface area contributed by atoms with Gasteiger partial charge in [-0.1, -0.05) is 75.8 Å². The number of carbonyl (C=O) groups excluding carboxylic acids is 2. The molecule has 1 heterocycles. The summed E-state index contributed by atoms with van der Waals surface area (Å²) in [5.41, 5.74) is 1.73. The molecule has 3 aromatic rings. The number of carbonyl (C=O) groups is 2. The molecule has 37 heavy (non-hydrogen) atoms. The standard InChI is InChI=1S/C28H32N4O4S/c1-5-9-22(31-26(35)24(33)28(2,3)4)25(34)32-27-30-16-23(37-27)21-13-7-6-11-19(21)17-36-20-12-8-10-18(14-20)15-29/h6-8,10-14,16,22,24,33H,5,9,17H2,1-4H3,(H,31,35)(H,30,32,34)/t22-,24+/m0/s1. The van der Waals surface area contributed by atoms with Crippen molar-refractivity contribution in [1.82, 2.24) is 10.3 Å². The summed E-state index contributed by atoms with van der Waals surface area (Å²) >= 11 is 1.32. The van der Waals surface area contributed by atoms with Crippen LogP contribution in [0.15, 0.2) is 54.7 Å². The van der Waals surface area contributed by atoms with Crippen LogP contribution in [0.4, 0.5) is 5.13 Å². The molecule has 0 aliphatic rings. The lowest BCUT2D eigenvalue weighted by Gasteiger charge is -2.26. The lowest BCUT2D eigenvalue weighted by atomic mass is 9.88. The molecule has 2 atom stereocenters. The van der Waals surface area contributed by atoms with Crippen molar-refractivity contribution in [3.05, 3.63) is 65.9 Å². The zero-order valence-electron chi connectivity index (χ0n) is 21.4. The number of aromatic nitrogens is 1. The van der Waals surface area contributed by atoms with Crippen molar-refractivity contribution >= 4 is 28.3 Å². The first-order valence-electron chi connectivity index (χ1n) is 12.1. The van der Waals surface area contributed by atoms with E-state index in [0.29, 0.717) is 35.9 Å². The maximum Gasteiger partial charge on any atom is 0.250 e. The molecule has 1 aromatic heterocycles.